The Labute approximate surface area is 162 Å². The van der Waals surface area contributed by atoms with Gasteiger partial charge in [-0.05, 0) is 56.1 Å². The lowest BCUT2D eigenvalue weighted by molar-refractivity contribution is 0.284. The van der Waals surface area contributed by atoms with E-state index in [-0.39, 0.29) is 16.2 Å². The summed E-state index contributed by atoms with van der Waals surface area (Å²) in [5, 5.41) is 0. The minimum atomic E-state index is -3.67. The van der Waals surface area contributed by atoms with Crippen LogP contribution >= 0.6 is 0 Å². The van der Waals surface area contributed by atoms with Crippen LogP contribution in [0.15, 0.2) is 23.1 Å². The highest BCUT2D eigenvalue weighted by Gasteiger charge is 2.45. The molecular formula is C21H32FNO3S. The standard InChI is InChI=1S/C21H32FNO3S/c1-16(2)6-4-3-5-11-21(12-13-21)23-27(24,25)18-9-10-19(22)20(14-18)26-15-17-7-8-17/h9-10,14,16-17,23H,3-8,11-13,15H2,1-2H3. The van der Waals surface area contributed by atoms with Gasteiger partial charge in [-0.25, -0.2) is 17.5 Å². The van der Waals surface area contributed by atoms with Crippen LogP contribution in [-0.2, 0) is 10.0 Å². The van der Waals surface area contributed by atoms with Crippen LogP contribution in [0.3, 0.4) is 0 Å². The van der Waals surface area contributed by atoms with Crippen molar-refractivity contribution in [2.45, 2.75) is 82.1 Å². The van der Waals surface area contributed by atoms with Gasteiger partial charge in [0.15, 0.2) is 11.6 Å². The zero-order chi connectivity index (χ0) is 19.5. The number of halogens is 1. The largest absolute Gasteiger partial charge is 0.490 e. The fourth-order valence-corrected chi connectivity index (χ4v) is 4.85. The Morgan fingerprint density at radius 1 is 1.22 bits per heavy atom. The van der Waals surface area contributed by atoms with E-state index < -0.39 is 15.8 Å². The molecular weight excluding hydrogens is 365 g/mol. The van der Waals surface area contributed by atoms with Crippen LogP contribution in [0.25, 0.3) is 0 Å². The highest BCUT2D eigenvalue weighted by Crippen LogP contribution is 2.42. The van der Waals surface area contributed by atoms with Gasteiger partial charge in [-0.3, -0.25) is 0 Å². The average Bonchev–Trinajstić information content (AvgIpc) is 3.50. The van der Waals surface area contributed by atoms with Crippen LogP contribution in [0.4, 0.5) is 4.39 Å². The fraction of sp³-hybridized carbons (Fsp3) is 0.714. The lowest BCUT2D eigenvalue weighted by Gasteiger charge is -2.18. The molecule has 3 rings (SSSR count). The Kier molecular flexibility index (Phi) is 6.46. The molecule has 0 unspecified atom stereocenters. The van der Waals surface area contributed by atoms with Crippen molar-refractivity contribution in [3.05, 3.63) is 24.0 Å². The first-order valence-electron chi connectivity index (χ1n) is 10.3. The van der Waals surface area contributed by atoms with Crippen molar-refractivity contribution < 1.29 is 17.5 Å². The van der Waals surface area contributed by atoms with Gasteiger partial charge in [0.25, 0.3) is 0 Å². The Morgan fingerprint density at radius 3 is 2.59 bits per heavy atom. The second kappa shape index (κ2) is 8.48. The number of benzene rings is 1. The number of hydrogen-bond donors (Lipinski definition) is 1. The van der Waals surface area contributed by atoms with E-state index >= 15 is 0 Å². The number of sulfonamides is 1. The number of hydrogen-bond acceptors (Lipinski definition) is 3. The monoisotopic (exact) mass is 397 g/mol. The van der Waals surface area contributed by atoms with Crippen LogP contribution < -0.4 is 9.46 Å². The van der Waals surface area contributed by atoms with Crippen molar-refractivity contribution in [1.82, 2.24) is 4.72 Å². The molecule has 0 radical (unpaired) electrons. The van der Waals surface area contributed by atoms with E-state index in [1.165, 1.54) is 31.0 Å². The van der Waals surface area contributed by atoms with Gasteiger partial charge in [0, 0.05) is 11.6 Å². The summed E-state index contributed by atoms with van der Waals surface area (Å²) in [6, 6.07) is 3.82. The molecule has 6 heteroatoms. The first-order chi connectivity index (χ1) is 12.8. The Bertz CT molecular complexity index is 740. The molecule has 152 valence electrons. The second-order valence-electron chi connectivity index (χ2n) is 8.73. The van der Waals surface area contributed by atoms with Gasteiger partial charge in [0.2, 0.25) is 10.0 Å². The van der Waals surface area contributed by atoms with Crippen molar-refractivity contribution in [1.29, 1.82) is 0 Å². The van der Waals surface area contributed by atoms with E-state index in [4.69, 9.17) is 4.74 Å². The van der Waals surface area contributed by atoms with Gasteiger partial charge in [-0.15, -0.1) is 0 Å². The Balaban J connectivity index is 1.56. The predicted molar refractivity (Wildman–Crippen MR) is 105 cm³/mol. The summed E-state index contributed by atoms with van der Waals surface area (Å²) in [5.41, 5.74) is -0.305. The maximum atomic E-state index is 13.9. The molecule has 27 heavy (non-hydrogen) atoms. The zero-order valence-corrected chi connectivity index (χ0v) is 17.3. The van der Waals surface area contributed by atoms with E-state index in [1.54, 1.807) is 0 Å². The molecule has 4 nitrogen and oxygen atoms in total. The number of rotatable bonds is 12. The minimum absolute atomic E-state index is 0.0308. The molecule has 2 aliphatic carbocycles. The molecule has 0 heterocycles. The third kappa shape index (κ3) is 6.18. The SMILES string of the molecule is CC(C)CCCCCC1(NS(=O)(=O)c2ccc(F)c(OCC3CC3)c2)CC1. The summed E-state index contributed by atoms with van der Waals surface area (Å²) < 4.78 is 47.9. The summed E-state index contributed by atoms with van der Waals surface area (Å²) >= 11 is 0. The van der Waals surface area contributed by atoms with Gasteiger partial charge in [-0.1, -0.05) is 39.5 Å². The molecule has 1 aromatic rings. The quantitative estimate of drug-likeness (QED) is 0.503. The minimum Gasteiger partial charge on any atom is -0.490 e. The highest BCUT2D eigenvalue weighted by molar-refractivity contribution is 7.89. The van der Waals surface area contributed by atoms with E-state index in [0.29, 0.717) is 18.4 Å². The average molecular weight is 398 g/mol. The van der Waals surface area contributed by atoms with Crippen LogP contribution in [0.5, 0.6) is 5.75 Å². The first-order valence-corrected chi connectivity index (χ1v) is 11.7. The molecule has 2 saturated carbocycles. The van der Waals surface area contributed by atoms with Gasteiger partial charge < -0.3 is 4.74 Å². The lowest BCUT2D eigenvalue weighted by atomic mass is 10.0. The molecule has 0 bridgehead atoms. The Hall–Kier alpha value is -1.14. The van der Waals surface area contributed by atoms with Gasteiger partial charge >= 0.3 is 0 Å². The molecule has 1 aromatic carbocycles. The van der Waals surface area contributed by atoms with E-state index in [1.807, 2.05) is 0 Å². The summed E-state index contributed by atoms with van der Waals surface area (Å²) in [5.74, 6) is 0.714. The summed E-state index contributed by atoms with van der Waals surface area (Å²) in [6.45, 7) is 4.90. The van der Waals surface area contributed by atoms with Crippen molar-refractivity contribution in [2.75, 3.05) is 6.61 Å². The van der Waals surface area contributed by atoms with Crippen molar-refractivity contribution >= 4 is 10.0 Å². The van der Waals surface area contributed by atoms with Crippen LogP contribution in [0.1, 0.15) is 71.6 Å². The fourth-order valence-electron chi connectivity index (χ4n) is 3.34. The second-order valence-corrected chi connectivity index (χ2v) is 10.4. The molecule has 2 fully saturated rings. The van der Waals surface area contributed by atoms with Crippen molar-refractivity contribution in [2.24, 2.45) is 11.8 Å². The van der Waals surface area contributed by atoms with Crippen LogP contribution in [-0.4, -0.2) is 20.6 Å². The normalized spacial score (nSPS) is 18.7. The van der Waals surface area contributed by atoms with E-state index in [9.17, 15) is 12.8 Å². The van der Waals surface area contributed by atoms with E-state index in [0.717, 1.165) is 44.9 Å². The maximum Gasteiger partial charge on any atom is 0.241 e. The van der Waals surface area contributed by atoms with Gasteiger partial charge in [0.1, 0.15) is 0 Å². The molecule has 0 aromatic heterocycles. The third-order valence-electron chi connectivity index (χ3n) is 5.53. The summed E-state index contributed by atoms with van der Waals surface area (Å²) in [4.78, 5) is 0.0841. The van der Waals surface area contributed by atoms with Gasteiger partial charge in [0.05, 0.1) is 11.5 Å². The zero-order valence-electron chi connectivity index (χ0n) is 16.5. The van der Waals surface area contributed by atoms with Crippen molar-refractivity contribution in [3.63, 3.8) is 0 Å². The topological polar surface area (TPSA) is 55.4 Å². The molecule has 0 aliphatic heterocycles. The van der Waals surface area contributed by atoms with Crippen molar-refractivity contribution in [3.8, 4) is 5.75 Å². The molecule has 2 aliphatic rings. The smallest absolute Gasteiger partial charge is 0.241 e. The highest BCUT2D eigenvalue weighted by atomic mass is 32.2. The first kappa shape index (κ1) is 20.6. The lowest BCUT2D eigenvalue weighted by Crippen LogP contribution is -2.36. The summed E-state index contributed by atoms with van der Waals surface area (Å²) in [6.07, 6.45) is 9.41. The molecule has 0 atom stereocenters. The Morgan fingerprint density at radius 2 is 1.96 bits per heavy atom. The van der Waals surface area contributed by atoms with Crippen LogP contribution in [0.2, 0.25) is 0 Å². The van der Waals surface area contributed by atoms with Crippen LogP contribution in [0, 0.1) is 17.7 Å². The molecule has 0 saturated heterocycles. The van der Waals surface area contributed by atoms with Gasteiger partial charge in [-0.2, -0.15) is 0 Å². The third-order valence-corrected chi connectivity index (χ3v) is 7.10. The number of unbranched alkanes of at least 4 members (excludes halogenated alkanes) is 2. The number of nitrogens with one attached hydrogen (secondary N) is 1. The predicted octanol–water partition coefficient (Wildman–Crippen LogP) is 5.03. The summed E-state index contributed by atoms with van der Waals surface area (Å²) in [7, 11) is -3.67. The molecule has 0 spiro atoms. The number of ether oxygens (including phenoxy) is 1. The maximum absolute atomic E-state index is 13.9. The van der Waals surface area contributed by atoms with E-state index in [2.05, 4.69) is 18.6 Å². The molecule has 1 N–H and O–H groups in total. The molecule has 0 amide bonds.